The van der Waals surface area contributed by atoms with Gasteiger partial charge in [-0.3, -0.25) is 0 Å². The molecule has 0 aliphatic rings. The average molecular weight is 214 g/mol. The molecular formula is C11H16ClNO. The van der Waals surface area contributed by atoms with Crippen LogP contribution in [0.25, 0.3) is 0 Å². The highest BCUT2D eigenvalue weighted by Gasteiger charge is 2.01. The summed E-state index contributed by atoms with van der Waals surface area (Å²) in [5.74, 6) is 0. The lowest BCUT2D eigenvalue weighted by Crippen LogP contribution is -2.24. The van der Waals surface area contributed by atoms with Crippen molar-refractivity contribution in [1.29, 1.82) is 0 Å². The average Bonchev–Trinajstić information content (AvgIpc) is 2.17. The molecule has 1 aromatic carbocycles. The van der Waals surface area contributed by atoms with E-state index in [1.165, 1.54) is 5.56 Å². The summed E-state index contributed by atoms with van der Waals surface area (Å²) in [6.07, 6.45) is 0.927. The minimum absolute atomic E-state index is 0.207. The van der Waals surface area contributed by atoms with Gasteiger partial charge in [-0.05, 0) is 25.1 Å². The topological polar surface area (TPSA) is 23.5 Å². The Balaban J connectivity index is 2.41. The summed E-state index contributed by atoms with van der Waals surface area (Å²) in [6.45, 7) is 1.84. The van der Waals surface area contributed by atoms with E-state index in [0.717, 1.165) is 18.0 Å². The molecule has 0 aliphatic heterocycles. The third-order valence-electron chi connectivity index (χ3n) is 2.20. The first-order valence-corrected chi connectivity index (χ1v) is 5.14. The number of likely N-dealkylation sites (N-methyl/N-ethyl adjacent to an activating group) is 1. The van der Waals surface area contributed by atoms with Crippen molar-refractivity contribution in [3.63, 3.8) is 0 Å². The molecule has 0 fully saturated rings. The van der Waals surface area contributed by atoms with Crippen molar-refractivity contribution in [2.24, 2.45) is 0 Å². The van der Waals surface area contributed by atoms with E-state index >= 15 is 0 Å². The Morgan fingerprint density at radius 1 is 1.29 bits per heavy atom. The fraction of sp³-hybridized carbons (Fsp3) is 0.455. The van der Waals surface area contributed by atoms with Crippen LogP contribution in [0.5, 0.6) is 0 Å². The van der Waals surface area contributed by atoms with Crippen LogP contribution < -0.4 is 0 Å². The van der Waals surface area contributed by atoms with Crippen LogP contribution in [-0.4, -0.2) is 36.8 Å². The number of aliphatic hydroxyl groups excluding tert-OH is 1. The van der Waals surface area contributed by atoms with Gasteiger partial charge in [-0.25, -0.2) is 0 Å². The lowest BCUT2D eigenvalue weighted by atomic mass is 10.1. The van der Waals surface area contributed by atoms with Gasteiger partial charge < -0.3 is 10.0 Å². The van der Waals surface area contributed by atoms with E-state index in [2.05, 4.69) is 4.90 Å². The normalized spacial score (nSPS) is 10.9. The molecule has 0 aliphatic carbocycles. The molecule has 0 aromatic heterocycles. The zero-order valence-corrected chi connectivity index (χ0v) is 9.17. The first kappa shape index (κ1) is 11.5. The molecule has 0 unspecified atom stereocenters. The summed E-state index contributed by atoms with van der Waals surface area (Å²) >= 11 is 6.02. The molecule has 0 heterocycles. The highest BCUT2D eigenvalue weighted by molar-refractivity contribution is 6.31. The van der Waals surface area contributed by atoms with Gasteiger partial charge in [0.15, 0.2) is 0 Å². The lowest BCUT2D eigenvalue weighted by Gasteiger charge is -2.15. The maximum Gasteiger partial charge on any atom is 0.0558 e. The van der Waals surface area contributed by atoms with E-state index in [1.807, 2.05) is 31.3 Å². The molecule has 1 aromatic rings. The molecular weight excluding hydrogens is 198 g/mol. The first-order valence-electron chi connectivity index (χ1n) is 4.77. The van der Waals surface area contributed by atoms with Crippen molar-refractivity contribution in [3.8, 4) is 0 Å². The van der Waals surface area contributed by atoms with Gasteiger partial charge >= 0.3 is 0 Å². The van der Waals surface area contributed by atoms with Crippen molar-refractivity contribution in [1.82, 2.24) is 4.90 Å². The van der Waals surface area contributed by atoms with E-state index in [4.69, 9.17) is 16.7 Å². The number of rotatable bonds is 5. The molecule has 0 radical (unpaired) electrons. The zero-order valence-electron chi connectivity index (χ0n) is 8.41. The predicted molar refractivity (Wildman–Crippen MR) is 59.7 cm³/mol. The Morgan fingerprint density at radius 2 is 2.00 bits per heavy atom. The SMILES string of the molecule is CN(CCO)CCc1ccccc1Cl. The number of benzene rings is 1. The maximum absolute atomic E-state index is 8.72. The fourth-order valence-electron chi connectivity index (χ4n) is 1.29. The van der Waals surface area contributed by atoms with Crippen LogP contribution in [0.4, 0.5) is 0 Å². The van der Waals surface area contributed by atoms with E-state index in [9.17, 15) is 0 Å². The zero-order chi connectivity index (χ0) is 10.4. The van der Waals surface area contributed by atoms with E-state index in [1.54, 1.807) is 0 Å². The summed E-state index contributed by atoms with van der Waals surface area (Å²) in [5, 5.41) is 9.54. The Morgan fingerprint density at radius 3 is 2.64 bits per heavy atom. The minimum atomic E-state index is 0.207. The van der Waals surface area contributed by atoms with Gasteiger partial charge in [0.1, 0.15) is 0 Å². The number of hydrogen-bond donors (Lipinski definition) is 1. The molecule has 0 saturated heterocycles. The van der Waals surface area contributed by atoms with Crippen LogP contribution in [0.2, 0.25) is 5.02 Å². The smallest absolute Gasteiger partial charge is 0.0558 e. The highest BCUT2D eigenvalue weighted by atomic mass is 35.5. The maximum atomic E-state index is 8.72. The van der Waals surface area contributed by atoms with Crippen LogP contribution in [-0.2, 0) is 6.42 Å². The predicted octanol–water partition coefficient (Wildman–Crippen LogP) is 1.81. The Hall–Kier alpha value is -0.570. The number of nitrogens with zero attached hydrogens (tertiary/aromatic N) is 1. The van der Waals surface area contributed by atoms with E-state index < -0.39 is 0 Å². The van der Waals surface area contributed by atoms with Crippen molar-refractivity contribution in [2.45, 2.75) is 6.42 Å². The summed E-state index contributed by atoms with van der Waals surface area (Å²) < 4.78 is 0. The molecule has 0 atom stereocenters. The summed E-state index contributed by atoms with van der Waals surface area (Å²) in [7, 11) is 1.99. The van der Waals surface area contributed by atoms with Crippen molar-refractivity contribution >= 4 is 11.6 Å². The highest BCUT2D eigenvalue weighted by Crippen LogP contribution is 2.15. The molecule has 1 rings (SSSR count). The second-order valence-electron chi connectivity index (χ2n) is 3.37. The Bertz CT molecular complexity index is 278. The lowest BCUT2D eigenvalue weighted by molar-refractivity contribution is 0.223. The largest absolute Gasteiger partial charge is 0.395 e. The van der Waals surface area contributed by atoms with Crippen molar-refractivity contribution in [3.05, 3.63) is 34.9 Å². The first-order chi connectivity index (χ1) is 6.74. The van der Waals surface area contributed by atoms with Crippen LogP contribution in [0.3, 0.4) is 0 Å². The molecule has 0 spiro atoms. The Labute approximate surface area is 90.1 Å². The van der Waals surface area contributed by atoms with Crippen molar-refractivity contribution < 1.29 is 5.11 Å². The summed E-state index contributed by atoms with van der Waals surface area (Å²) in [5.41, 5.74) is 1.17. The van der Waals surface area contributed by atoms with Crippen LogP contribution in [0.15, 0.2) is 24.3 Å². The van der Waals surface area contributed by atoms with Gasteiger partial charge in [0.25, 0.3) is 0 Å². The summed E-state index contributed by atoms with van der Waals surface area (Å²) in [6, 6.07) is 7.87. The standard InChI is InChI=1S/C11H16ClNO/c1-13(8-9-14)7-6-10-4-2-3-5-11(10)12/h2-5,14H,6-9H2,1H3. The second kappa shape index (κ2) is 6.02. The minimum Gasteiger partial charge on any atom is -0.395 e. The van der Waals surface area contributed by atoms with Gasteiger partial charge in [-0.15, -0.1) is 0 Å². The molecule has 78 valence electrons. The summed E-state index contributed by atoms with van der Waals surface area (Å²) in [4.78, 5) is 2.09. The molecule has 0 bridgehead atoms. The molecule has 0 amide bonds. The second-order valence-corrected chi connectivity index (χ2v) is 3.78. The van der Waals surface area contributed by atoms with E-state index in [0.29, 0.717) is 6.54 Å². The van der Waals surface area contributed by atoms with Gasteiger partial charge in [0.05, 0.1) is 6.61 Å². The number of hydrogen-bond acceptors (Lipinski definition) is 2. The van der Waals surface area contributed by atoms with Crippen LogP contribution >= 0.6 is 11.6 Å². The monoisotopic (exact) mass is 213 g/mol. The molecule has 0 saturated carbocycles. The third-order valence-corrected chi connectivity index (χ3v) is 2.57. The molecule has 1 N–H and O–H groups in total. The third kappa shape index (κ3) is 3.66. The van der Waals surface area contributed by atoms with Gasteiger partial charge in [-0.1, -0.05) is 29.8 Å². The van der Waals surface area contributed by atoms with Gasteiger partial charge in [-0.2, -0.15) is 0 Å². The molecule has 14 heavy (non-hydrogen) atoms. The van der Waals surface area contributed by atoms with Crippen LogP contribution in [0, 0.1) is 0 Å². The number of aliphatic hydroxyl groups is 1. The Kier molecular flexibility index (Phi) is 4.94. The molecule has 2 nitrogen and oxygen atoms in total. The number of halogens is 1. The van der Waals surface area contributed by atoms with Crippen LogP contribution in [0.1, 0.15) is 5.56 Å². The fourth-order valence-corrected chi connectivity index (χ4v) is 1.53. The molecule has 3 heteroatoms. The van der Waals surface area contributed by atoms with Gasteiger partial charge in [0, 0.05) is 18.1 Å². The van der Waals surface area contributed by atoms with Crippen molar-refractivity contribution in [2.75, 3.05) is 26.7 Å². The quantitative estimate of drug-likeness (QED) is 0.807. The van der Waals surface area contributed by atoms with E-state index in [-0.39, 0.29) is 6.61 Å². The van der Waals surface area contributed by atoms with Gasteiger partial charge in [0.2, 0.25) is 0 Å².